The first-order valence-electron chi connectivity index (χ1n) is 20.4. The molecule has 13 rings (SSSR count). The second kappa shape index (κ2) is 13.3. The molecule has 5 nitrogen and oxygen atoms in total. The van der Waals surface area contributed by atoms with Gasteiger partial charge in [0.2, 0.25) is 0 Å². The summed E-state index contributed by atoms with van der Waals surface area (Å²) in [6.45, 7) is 0. The SMILES string of the molecule is c1ccc(-c2ccc(-c3nc(-c4ccc5sc6ccccc6c5c4)nc(-c4cc5oc6ccccc6c5cc4-n4c5ccccc5c5cc6ccccc6cc54)n3)cc2)cc1. The number of furan rings is 1. The third kappa shape index (κ3) is 5.43. The molecule has 0 N–H and O–H groups in total. The fourth-order valence-corrected chi connectivity index (χ4v) is 10.2. The standard InChI is InChI=1S/C55H32N4OS/c1-2-12-33(13-3-1)34-22-24-35(25-23-34)53-56-54(38-26-27-52-44(29-38)41-18-8-11-21-51(41)61-52)58-55(57-53)45-32-50-43(40-17-7-10-20-49(40)60-50)31-48(45)59-46-19-9-6-16-39(46)42-28-36-14-4-5-15-37(36)30-47(42)59/h1-32H. The van der Waals surface area contributed by atoms with Gasteiger partial charge >= 0.3 is 0 Å². The summed E-state index contributed by atoms with van der Waals surface area (Å²) in [5.74, 6) is 1.76. The van der Waals surface area contributed by atoms with Crippen LogP contribution in [0.3, 0.4) is 0 Å². The predicted molar refractivity (Wildman–Crippen MR) is 254 cm³/mol. The summed E-state index contributed by atoms with van der Waals surface area (Å²) in [5, 5.41) is 9.25. The molecule has 0 spiro atoms. The molecule has 9 aromatic carbocycles. The molecule has 284 valence electrons. The summed E-state index contributed by atoms with van der Waals surface area (Å²) < 4.78 is 11.5. The van der Waals surface area contributed by atoms with Gasteiger partial charge in [0.25, 0.3) is 0 Å². The summed E-state index contributed by atoms with van der Waals surface area (Å²) in [4.78, 5) is 16.0. The molecule has 4 aromatic heterocycles. The maximum atomic E-state index is 6.61. The van der Waals surface area contributed by atoms with Crippen molar-refractivity contribution in [1.29, 1.82) is 0 Å². The van der Waals surface area contributed by atoms with Gasteiger partial charge in [-0.1, -0.05) is 133 Å². The van der Waals surface area contributed by atoms with Gasteiger partial charge in [-0.05, 0) is 82.6 Å². The van der Waals surface area contributed by atoms with Crippen molar-refractivity contribution < 1.29 is 4.42 Å². The van der Waals surface area contributed by atoms with Gasteiger partial charge in [0.15, 0.2) is 17.5 Å². The number of rotatable bonds is 5. The smallest absolute Gasteiger partial charge is 0.166 e. The Balaban J connectivity index is 1.11. The molecule has 61 heavy (non-hydrogen) atoms. The first-order chi connectivity index (χ1) is 30.2. The first-order valence-corrected chi connectivity index (χ1v) is 21.2. The molecule has 0 radical (unpaired) electrons. The highest BCUT2D eigenvalue weighted by molar-refractivity contribution is 7.25. The Morgan fingerprint density at radius 1 is 0.361 bits per heavy atom. The Morgan fingerprint density at radius 2 is 0.984 bits per heavy atom. The van der Waals surface area contributed by atoms with Crippen LogP contribution < -0.4 is 0 Å². The Hall–Kier alpha value is -7.93. The van der Waals surface area contributed by atoms with Crippen molar-refractivity contribution in [2.24, 2.45) is 0 Å². The number of fused-ring (bicyclic) bond motifs is 10. The lowest BCUT2D eigenvalue weighted by Crippen LogP contribution is -2.04. The minimum atomic E-state index is 0.562. The van der Waals surface area contributed by atoms with E-state index in [2.05, 4.69) is 180 Å². The molecule has 0 aliphatic heterocycles. The van der Waals surface area contributed by atoms with Crippen LogP contribution in [0.25, 0.3) is 126 Å². The highest BCUT2D eigenvalue weighted by Gasteiger charge is 2.23. The van der Waals surface area contributed by atoms with E-state index < -0.39 is 0 Å². The van der Waals surface area contributed by atoms with Gasteiger partial charge in [0, 0.05) is 58.4 Å². The van der Waals surface area contributed by atoms with Crippen LogP contribution in [0.1, 0.15) is 0 Å². The Morgan fingerprint density at radius 3 is 1.84 bits per heavy atom. The van der Waals surface area contributed by atoms with Crippen LogP contribution in [0, 0.1) is 0 Å². The van der Waals surface area contributed by atoms with Crippen molar-refractivity contribution in [3.05, 3.63) is 194 Å². The average Bonchev–Trinajstić information content (AvgIpc) is 3.99. The van der Waals surface area contributed by atoms with Gasteiger partial charge in [-0.3, -0.25) is 0 Å². The zero-order valence-corrected chi connectivity index (χ0v) is 33.4. The summed E-state index contributed by atoms with van der Waals surface area (Å²) in [5.41, 5.74) is 9.73. The Bertz CT molecular complexity index is 3880. The van der Waals surface area contributed by atoms with Crippen LogP contribution in [-0.4, -0.2) is 19.5 Å². The van der Waals surface area contributed by atoms with Crippen molar-refractivity contribution in [2.45, 2.75) is 0 Å². The van der Waals surface area contributed by atoms with Crippen LogP contribution in [0.15, 0.2) is 199 Å². The molecule has 0 saturated heterocycles. The number of aromatic nitrogens is 4. The molecule has 0 saturated carbocycles. The zero-order valence-electron chi connectivity index (χ0n) is 32.6. The highest BCUT2D eigenvalue weighted by Crippen LogP contribution is 2.42. The summed E-state index contributed by atoms with van der Waals surface area (Å²) in [7, 11) is 0. The van der Waals surface area contributed by atoms with Crippen molar-refractivity contribution in [1.82, 2.24) is 19.5 Å². The molecule has 13 aromatic rings. The molecule has 0 bridgehead atoms. The Kier molecular flexibility index (Phi) is 7.41. The monoisotopic (exact) mass is 796 g/mol. The van der Waals surface area contributed by atoms with Gasteiger partial charge in [-0.2, -0.15) is 0 Å². The second-order valence-corrected chi connectivity index (χ2v) is 16.7. The normalized spacial score (nSPS) is 11.9. The minimum Gasteiger partial charge on any atom is -0.456 e. The topological polar surface area (TPSA) is 56.7 Å². The number of para-hydroxylation sites is 2. The number of benzene rings is 9. The average molecular weight is 797 g/mol. The molecule has 0 aliphatic carbocycles. The highest BCUT2D eigenvalue weighted by atomic mass is 32.1. The summed E-state index contributed by atoms with van der Waals surface area (Å²) in [6, 6.07) is 68.6. The fraction of sp³-hybridized carbons (Fsp3) is 0. The zero-order chi connectivity index (χ0) is 40.0. The molecule has 0 atom stereocenters. The lowest BCUT2D eigenvalue weighted by Gasteiger charge is -2.15. The number of thiophene rings is 1. The van der Waals surface area contributed by atoms with E-state index in [-0.39, 0.29) is 0 Å². The number of hydrogen-bond acceptors (Lipinski definition) is 5. The van der Waals surface area contributed by atoms with Crippen molar-refractivity contribution in [3.63, 3.8) is 0 Å². The van der Waals surface area contributed by atoms with Gasteiger partial charge in [-0.15, -0.1) is 11.3 Å². The van der Waals surface area contributed by atoms with E-state index >= 15 is 0 Å². The molecule has 0 amide bonds. The number of nitrogens with zero attached hydrogens (tertiary/aromatic N) is 4. The van der Waals surface area contributed by atoms with Crippen LogP contribution in [0.4, 0.5) is 0 Å². The van der Waals surface area contributed by atoms with E-state index in [1.54, 1.807) is 11.3 Å². The van der Waals surface area contributed by atoms with Gasteiger partial charge in [0.05, 0.1) is 16.7 Å². The lowest BCUT2D eigenvalue weighted by atomic mass is 10.0. The van der Waals surface area contributed by atoms with E-state index in [0.717, 1.165) is 66.5 Å². The van der Waals surface area contributed by atoms with Crippen LogP contribution in [0.5, 0.6) is 0 Å². The van der Waals surface area contributed by atoms with Crippen molar-refractivity contribution >= 4 is 86.0 Å². The van der Waals surface area contributed by atoms with Crippen LogP contribution in [-0.2, 0) is 0 Å². The van der Waals surface area contributed by atoms with Gasteiger partial charge in [0.1, 0.15) is 11.2 Å². The molecule has 4 heterocycles. The second-order valence-electron chi connectivity index (χ2n) is 15.6. The van der Waals surface area contributed by atoms with E-state index in [9.17, 15) is 0 Å². The molecule has 0 fully saturated rings. The van der Waals surface area contributed by atoms with E-state index in [1.807, 2.05) is 18.2 Å². The molecular weight excluding hydrogens is 765 g/mol. The quantitative estimate of drug-likeness (QED) is 0.174. The summed E-state index contributed by atoms with van der Waals surface area (Å²) >= 11 is 1.80. The summed E-state index contributed by atoms with van der Waals surface area (Å²) in [6.07, 6.45) is 0. The maximum Gasteiger partial charge on any atom is 0.166 e. The Labute approximate surface area is 353 Å². The maximum absolute atomic E-state index is 6.61. The molecule has 0 unspecified atom stereocenters. The third-order valence-electron chi connectivity index (χ3n) is 12.0. The lowest BCUT2D eigenvalue weighted by molar-refractivity contribution is 0.669. The van der Waals surface area contributed by atoms with Gasteiger partial charge in [-0.25, -0.2) is 15.0 Å². The molecule has 0 aliphatic rings. The van der Waals surface area contributed by atoms with Gasteiger partial charge < -0.3 is 8.98 Å². The first kappa shape index (κ1) is 34.0. The van der Waals surface area contributed by atoms with E-state index in [1.165, 1.54) is 41.7 Å². The molecule has 6 heteroatoms. The third-order valence-corrected chi connectivity index (χ3v) is 13.2. The minimum absolute atomic E-state index is 0.562. The fourth-order valence-electron chi connectivity index (χ4n) is 9.10. The van der Waals surface area contributed by atoms with Crippen molar-refractivity contribution in [2.75, 3.05) is 0 Å². The largest absolute Gasteiger partial charge is 0.456 e. The molecular formula is C55H32N4OS. The van der Waals surface area contributed by atoms with E-state index in [4.69, 9.17) is 19.4 Å². The number of hydrogen-bond donors (Lipinski definition) is 0. The van der Waals surface area contributed by atoms with Crippen LogP contribution in [0.2, 0.25) is 0 Å². The predicted octanol–water partition coefficient (Wildman–Crippen LogP) is 15.1. The van der Waals surface area contributed by atoms with E-state index in [0.29, 0.717) is 17.5 Å². The van der Waals surface area contributed by atoms with Crippen molar-refractivity contribution in [3.8, 4) is 51.0 Å². The van der Waals surface area contributed by atoms with Crippen LogP contribution >= 0.6 is 11.3 Å².